The topological polar surface area (TPSA) is 42.0 Å². The number of hydrogen-bond donors (Lipinski definition) is 1. The Hall–Kier alpha value is -2.11. The highest BCUT2D eigenvalue weighted by Gasteiger charge is 2.38. The molecule has 0 saturated carbocycles. The van der Waals surface area contributed by atoms with Crippen LogP contribution in [0.1, 0.15) is 5.56 Å². The molecule has 18 heavy (non-hydrogen) atoms. The maximum atomic E-state index is 12.0. The zero-order valence-corrected chi connectivity index (χ0v) is 9.16. The minimum Gasteiger partial charge on any atom is -0.344 e. The second kappa shape index (κ2) is 4.64. The lowest BCUT2D eigenvalue weighted by Gasteiger charge is -2.08. The normalized spacial score (nSPS) is 11.5. The van der Waals surface area contributed by atoms with E-state index in [4.69, 9.17) is 0 Å². The summed E-state index contributed by atoms with van der Waals surface area (Å²) < 4.78 is 35.9. The summed E-state index contributed by atoms with van der Waals surface area (Å²) >= 11 is 0. The molecule has 2 rings (SSSR count). The molecule has 0 radical (unpaired) electrons. The molecule has 1 heterocycles. The van der Waals surface area contributed by atoms with Crippen LogP contribution in [0.25, 0.3) is 10.9 Å². The van der Waals surface area contributed by atoms with Crippen LogP contribution in [0, 0.1) is 0 Å². The number of nitrogens with zero attached hydrogens (tertiary/aromatic N) is 1. The van der Waals surface area contributed by atoms with Gasteiger partial charge < -0.3 is 5.32 Å². The number of rotatable bonds is 2. The van der Waals surface area contributed by atoms with Gasteiger partial charge in [-0.15, -0.1) is 0 Å². The average molecular weight is 254 g/mol. The van der Waals surface area contributed by atoms with Crippen molar-refractivity contribution in [1.29, 1.82) is 0 Å². The third-order valence-electron chi connectivity index (χ3n) is 2.38. The Kier molecular flexibility index (Phi) is 3.18. The molecule has 1 aromatic heterocycles. The van der Waals surface area contributed by atoms with E-state index in [-0.39, 0.29) is 6.54 Å². The van der Waals surface area contributed by atoms with Crippen LogP contribution in [0.5, 0.6) is 0 Å². The average Bonchev–Trinajstić information content (AvgIpc) is 2.34. The van der Waals surface area contributed by atoms with E-state index in [1.165, 1.54) is 0 Å². The monoisotopic (exact) mass is 254 g/mol. The van der Waals surface area contributed by atoms with Crippen molar-refractivity contribution >= 4 is 16.8 Å². The molecule has 0 spiro atoms. The number of fused-ring (bicyclic) bond motifs is 1. The molecular formula is C12H9F3N2O. The van der Waals surface area contributed by atoms with Gasteiger partial charge >= 0.3 is 12.1 Å². The molecule has 0 fully saturated rings. The molecule has 1 N–H and O–H groups in total. The van der Waals surface area contributed by atoms with Gasteiger partial charge in [0.2, 0.25) is 0 Å². The van der Waals surface area contributed by atoms with Gasteiger partial charge in [-0.3, -0.25) is 9.78 Å². The number of carbonyl (C=O) groups excluding carboxylic acids is 1. The van der Waals surface area contributed by atoms with Crippen molar-refractivity contribution in [2.75, 3.05) is 0 Å². The third kappa shape index (κ3) is 2.77. The lowest BCUT2D eigenvalue weighted by molar-refractivity contribution is -0.173. The van der Waals surface area contributed by atoms with Crippen molar-refractivity contribution in [3.05, 3.63) is 42.1 Å². The van der Waals surface area contributed by atoms with Gasteiger partial charge in [0.15, 0.2) is 0 Å². The maximum Gasteiger partial charge on any atom is 0.471 e. The molecule has 1 amide bonds. The zero-order valence-electron chi connectivity index (χ0n) is 9.16. The molecular weight excluding hydrogens is 245 g/mol. The summed E-state index contributed by atoms with van der Waals surface area (Å²) in [5.41, 5.74) is 1.34. The van der Waals surface area contributed by atoms with Gasteiger partial charge in [0.05, 0.1) is 5.52 Å². The van der Waals surface area contributed by atoms with E-state index in [0.29, 0.717) is 5.56 Å². The Morgan fingerprint density at radius 1 is 1.28 bits per heavy atom. The van der Waals surface area contributed by atoms with Crippen molar-refractivity contribution in [3.8, 4) is 0 Å². The Labute approximate surface area is 101 Å². The predicted molar refractivity (Wildman–Crippen MR) is 59.6 cm³/mol. The quantitative estimate of drug-likeness (QED) is 0.894. The number of aromatic nitrogens is 1. The summed E-state index contributed by atoms with van der Waals surface area (Å²) in [5, 5.41) is 2.64. The van der Waals surface area contributed by atoms with Gasteiger partial charge in [0.25, 0.3) is 0 Å². The molecule has 2 aromatic rings. The van der Waals surface area contributed by atoms with Gasteiger partial charge in [0.1, 0.15) is 0 Å². The Bertz CT molecular complexity index is 581. The largest absolute Gasteiger partial charge is 0.471 e. The van der Waals surface area contributed by atoms with E-state index in [1.54, 1.807) is 36.5 Å². The maximum absolute atomic E-state index is 12.0. The molecule has 6 heteroatoms. The van der Waals surface area contributed by atoms with Crippen LogP contribution in [-0.2, 0) is 11.3 Å². The third-order valence-corrected chi connectivity index (χ3v) is 2.38. The fraction of sp³-hybridized carbons (Fsp3) is 0.167. The molecule has 3 nitrogen and oxygen atoms in total. The number of hydrogen-bond acceptors (Lipinski definition) is 2. The van der Waals surface area contributed by atoms with Crippen LogP contribution < -0.4 is 5.32 Å². The van der Waals surface area contributed by atoms with Crippen molar-refractivity contribution < 1.29 is 18.0 Å². The number of pyridine rings is 1. The van der Waals surface area contributed by atoms with E-state index < -0.39 is 12.1 Å². The molecule has 0 bridgehead atoms. The number of nitrogens with one attached hydrogen (secondary N) is 1. The summed E-state index contributed by atoms with van der Waals surface area (Å²) in [6.45, 7) is -0.164. The molecule has 94 valence electrons. The first-order chi connectivity index (χ1) is 8.47. The minimum atomic E-state index is -4.85. The Morgan fingerprint density at radius 2 is 2.06 bits per heavy atom. The first-order valence-electron chi connectivity index (χ1n) is 5.15. The molecule has 0 atom stereocenters. The number of halogens is 3. The number of benzene rings is 1. The molecule has 1 aromatic carbocycles. The first-order valence-corrected chi connectivity index (χ1v) is 5.15. The highest BCUT2D eigenvalue weighted by atomic mass is 19.4. The molecule has 0 unspecified atom stereocenters. The van der Waals surface area contributed by atoms with E-state index in [2.05, 4.69) is 4.98 Å². The SMILES string of the molecule is O=C(NCc1ccc2ncccc2c1)C(F)(F)F. The van der Waals surface area contributed by atoms with Gasteiger partial charge in [-0.05, 0) is 23.8 Å². The Balaban J connectivity index is 2.11. The van der Waals surface area contributed by atoms with E-state index in [0.717, 1.165) is 10.9 Å². The summed E-state index contributed by atoms with van der Waals surface area (Å²) in [5.74, 6) is -1.94. The van der Waals surface area contributed by atoms with E-state index in [1.807, 2.05) is 5.32 Å². The first kappa shape index (κ1) is 12.3. The minimum absolute atomic E-state index is 0.164. The van der Waals surface area contributed by atoms with Crippen LogP contribution in [0.15, 0.2) is 36.5 Å². The van der Waals surface area contributed by atoms with Crippen molar-refractivity contribution in [2.24, 2.45) is 0 Å². The highest BCUT2D eigenvalue weighted by Crippen LogP contribution is 2.16. The van der Waals surface area contributed by atoms with Gasteiger partial charge in [0, 0.05) is 18.1 Å². The summed E-state index contributed by atoms with van der Waals surface area (Å²) in [7, 11) is 0. The zero-order chi connectivity index (χ0) is 13.2. The molecule has 0 saturated heterocycles. The van der Waals surface area contributed by atoms with Crippen molar-refractivity contribution in [3.63, 3.8) is 0 Å². The van der Waals surface area contributed by atoms with Crippen molar-refractivity contribution in [1.82, 2.24) is 10.3 Å². The number of carbonyl (C=O) groups is 1. The fourth-order valence-electron chi connectivity index (χ4n) is 1.52. The standard InChI is InChI=1S/C12H9F3N2O/c13-12(14,15)11(18)17-7-8-3-4-10-9(6-8)2-1-5-16-10/h1-6H,7H2,(H,17,18). The smallest absolute Gasteiger partial charge is 0.344 e. The summed E-state index contributed by atoms with van der Waals surface area (Å²) in [4.78, 5) is 14.7. The Morgan fingerprint density at radius 3 is 2.78 bits per heavy atom. The number of amides is 1. The van der Waals surface area contributed by atoms with Crippen molar-refractivity contribution in [2.45, 2.75) is 12.7 Å². The van der Waals surface area contributed by atoms with Crippen LogP contribution in [0.4, 0.5) is 13.2 Å². The molecule has 0 aliphatic carbocycles. The van der Waals surface area contributed by atoms with E-state index in [9.17, 15) is 18.0 Å². The lowest BCUT2D eigenvalue weighted by atomic mass is 10.1. The van der Waals surface area contributed by atoms with Gasteiger partial charge in [-0.2, -0.15) is 13.2 Å². The highest BCUT2D eigenvalue weighted by molar-refractivity contribution is 5.82. The fourth-order valence-corrected chi connectivity index (χ4v) is 1.52. The molecule has 0 aliphatic rings. The number of alkyl halides is 3. The van der Waals surface area contributed by atoms with Gasteiger partial charge in [-0.25, -0.2) is 0 Å². The second-order valence-corrected chi connectivity index (χ2v) is 3.71. The van der Waals surface area contributed by atoms with Crippen LogP contribution in [0.2, 0.25) is 0 Å². The lowest BCUT2D eigenvalue weighted by Crippen LogP contribution is -2.36. The van der Waals surface area contributed by atoms with Crippen LogP contribution in [-0.4, -0.2) is 17.1 Å². The molecule has 0 aliphatic heterocycles. The second-order valence-electron chi connectivity index (χ2n) is 3.71. The van der Waals surface area contributed by atoms with Crippen LogP contribution >= 0.6 is 0 Å². The van der Waals surface area contributed by atoms with Gasteiger partial charge in [-0.1, -0.05) is 12.1 Å². The van der Waals surface area contributed by atoms with E-state index >= 15 is 0 Å². The summed E-state index contributed by atoms with van der Waals surface area (Å²) in [6.07, 6.45) is -3.22. The predicted octanol–water partition coefficient (Wildman–Crippen LogP) is 2.41. The van der Waals surface area contributed by atoms with Crippen LogP contribution in [0.3, 0.4) is 0 Å². The summed E-state index contributed by atoms with van der Waals surface area (Å²) in [6, 6.07) is 8.56.